The molecule has 0 aromatic carbocycles. The molecule has 26 heavy (non-hydrogen) atoms. The van der Waals surface area contributed by atoms with Crippen molar-refractivity contribution in [2.24, 2.45) is 7.05 Å². The maximum Gasteiger partial charge on any atom is 0.254 e. The van der Waals surface area contributed by atoms with Gasteiger partial charge in [-0.2, -0.15) is 5.10 Å². The Labute approximate surface area is 156 Å². The molecule has 136 valence electrons. The summed E-state index contributed by atoms with van der Waals surface area (Å²) in [5, 5.41) is 8.49. The summed E-state index contributed by atoms with van der Waals surface area (Å²) in [6.07, 6.45) is 3.22. The SMILES string of the molecule is CCc1nc(CN(C)C(=O)c2cc(C3CC3)nc3c2c(C)nn3C)cs1. The van der Waals surface area contributed by atoms with Crippen LogP contribution >= 0.6 is 11.3 Å². The Morgan fingerprint density at radius 3 is 2.81 bits per heavy atom. The lowest BCUT2D eigenvalue weighted by Crippen LogP contribution is -2.27. The highest BCUT2D eigenvalue weighted by atomic mass is 32.1. The van der Waals surface area contributed by atoms with Crippen LogP contribution in [-0.2, 0) is 20.0 Å². The summed E-state index contributed by atoms with van der Waals surface area (Å²) < 4.78 is 1.78. The first-order chi connectivity index (χ1) is 12.5. The molecule has 0 aliphatic heterocycles. The van der Waals surface area contributed by atoms with Gasteiger partial charge in [-0.3, -0.25) is 9.48 Å². The number of amides is 1. The summed E-state index contributed by atoms with van der Waals surface area (Å²) in [6, 6.07) is 1.98. The van der Waals surface area contributed by atoms with Crippen LogP contribution in [0.15, 0.2) is 11.4 Å². The number of fused-ring (bicyclic) bond motifs is 1. The minimum Gasteiger partial charge on any atom is -0.336 e. The van der Waals surface area contributed by atoms with E-state index in [9.17, 15) is 4.79 Å². The first-order valence-electron chi connectivity index (χ1n) is 9.01. The first kappa shape index (κ1) is 17.1. The van der Waals surface area contributed by atoms with Gasteiger partial charge in [-0.1, -0.05) is 6.92 Å². The Balaban J connectivity index is 1.70. The van der Waals surface area contributed by atoms with E-state index in [0.717, 1.165) is 52.4 Å². The maximum atomic E-state index is 13.2. The normalized spacial score (nSPS) is 14.2. The van der Waals surface area contributed by atoms with E-state index in [4.69, 9.17) is 4.98 Å². The lowest BCUT2D eigenvalue weighted by Gasteiger charge is -2.17. The number of hydrogen-bond donors (Lipinski definition) is 0. The lowest BCUT2D eigenvalue weighted by atomic mass is 10.1. The fraction of sp³-hybridized carbons (Fsp3) is 0.474. The summed E-state index contributed by atoms with van der Waals surface area (Å²) in [6.45, 7) is 4.54. The van der Waals surface area contributed by atoms with Crippen molar-refractivity contribution in [3.8, 4) is 0 Å². The second kappa shape index (κ2) is 6.46. The Morgan fingerprint density at radius 2 is 2.15 bits per heavy atom. The van der Waals surface area contributed by atoms with Gasteiger partial charge in [-0.05, 0) is 32.3 Å². The predicted molar refractivity (Wildman–Crippen MR) is 103 cm³/mol. The van der Waals surface area contributed by atoms with Gasteiger partial charge in [-0.25, -0.2) is 9.97 Å². The minimum atomic E-state index is 0.00134. The third kappa shape index (κ3) is 3.00. The number of pyridine rings is 1. The lowest BCUT2D eigenvalue weighted by molar-refractivity contribution is 0.0785. The largest absolute Gasteiger partial charge is 0.336 e. The van der Waals surface area contributed by atoms with Crippen molar-refractivity contribution in [2.75, 3.05) is 7.05 Å². The molecule has 0 spiro atoms. The molecule has 6 nitrogen and oxygen atoms in total. The summed E-state index contributed by atoms with van der Waals surface area (Å²) in [5.74, 6) is 0.485. The summed E-state index contributed by atoms with van der Waals surface area (Å²) in [4.78, 5) is 24.3. The van der Waals surface area contributed by atoms with Gasteiger partial charge < -0.3 is 4.90 Å². The highest BCUT2D eigenvalue weighted by Gasteiger charge is 2.29. The molecule has 1 amide bonds. The van der Waals surface area contributed by atoms with Crippen molar-refractivity contribution < 1.29 is 4.79 Å². The Hall–Kier alpha value is -2.28. The van der Waals surface area contributed by atoms with E-state index < -0.39 is 0 Å². The Morgan fingerprint density at radius 1 is 1.38 bits per heavy atom. The van der Waals surface area contributed by atoms with Crippen molar-refractivity contribution >= 4 is 28.3 Å². The van der Waals surface area contributed by atoms with Gasteiger partial charge in [0.05, 0.1) is 33.9 Å². The van der Waals surface area contributed by atoms with Crippen LogP contribution in [0, 0.1) is 6.92 Å². The van der Waals surface area contributed by atoms with Crippen molar-refractivity contribution in [2.45, 2.75) is 45.6 Å². The van der Waals surface area contributed by atoms with Crippen molar-refractivity contribution in [3.63, 3.8) is 0 Å². The molecule has 7 heteroatoms. The number of aromatic nitrogens is 4. The second-order valence-corrected chi connectivity index (χ2v) is 7.97. The zero-order valence-corrected chi connectivity index (χ0v) is 16.4. The number of carbonyl (C=O) groups excluding carboxylic acids is 1. The molecule has 0 N–H and O–H groups in total. The third-order valence-corrected chi connectivity index (χ3v) is 5.90. The number of carbonyl (C=O) groups is 1. The third-order valence-electron chi connectivity index (χ3n) is 4.86. The first-order valence-corrected chi connectivity index (χ1v) is 9.88. The van der Waals surface area contributed by atoms with E-state index in [2.05, 4.69) is 17.0 Å². The predicted octanol–water partition coefficient (Wildman–Crippen LogP) is 3.45. The van der Waals surface area contributed by atoms with Crippen LogP contribution in [0.25, 0.3) is 11.0 Å². The van der Waals surface area contributed by atoms with Gasteiger partial charge >= 0.3 is 0 Å². The molecule has 0 saturated heterocycles. The molecule has 1 fully saturated rings. The summed E-state index contributed by atoms with van der Waals surface area (Å²) in [7, 11) is 3.72. The number of nitrogens with zero attached hydrogens (tertiary/aromatic N) is 5. The monoisotopic (exact) mass is 369 g/mol. The van der Waals surface area contributed by atoms with Gasteiger partial charge in [0.15, 0.2) is 5.65 Å². The van der Waals surface area contributed by atoms with Crippen LogP contribution in [-0.4, -0.2) is 37.6 Å². The van der Waals surface area contributed by atoms with Crippen LogP contribution < -0.4 is 0 Å². The highest BCUT2D eigenvalue weighted by molar-refractivity contribution is 7.09. The molecular formula is C19H23N5OS. The van der Waals surface area contributed by atoms with Gasteiger partial charge in [-0.15, -0.1) is 11.3 Å². The molecule has 0 bridgehead atoms. The number of aryl methyl sites for hydroxylation is 3. The van der Waals surface area contributed by atoms with Gasteiger partial charge in [0.2, 0.25) is 0 Å². The van der Waals surface area contributed by atoms with Crippen molar-refractivity contribution in [1.29, 1.82) is 0 Å². The standard InChI is InChI=1S/C19H23N5OS/c1-5-16-20-13(10-26-16)9-23(3)19(25)14-8-15(12-6-7-12)21-18-17(14)11(2)22-24(18)4/h8,10,12H,5-7,9H2,1-4H3. The fourth-order valence-corrected chi connectivity index (χ4v) is 4.06. The smallest absolute Gasteiger partial charge is 0.254 e. The quantitative estimate of drug-likeness (QED) is 0.691. The molecule has 0 radical (unpaired) electrons. The molecule has 3 aromatic rings. The molecular weight excluding hydrogens is 346 g/mol. The van der Waals surface area contributed by atoms with E-state index >= 15 is 0 Å². The van der Waals surface area contributed by atoms with Gasteiger partial charge in [0, 0.05) is 31.1 Å². The summed E-state index contributed by atoms with van der Waals surface area (Å²) in [5.41, 5.74) is 4.30. The van der Waals surface area contributed by atoms with Crippen LogP contribution in [0.3, 0.4) is 0 Å². The van der Waals surface area contributed by atoms with Crippen LogP contribution in [0.5, 0.6) is 0 Å². The molecule has 0 unspecified atom stereocenters. The zero-order valence-electron chi connectivity index (χ0n) is 15.6. The summed E-state index contributed by atoms with van der Waals surface area (Å²) >= 11 is 1.65. The average Bonchev–Trinajstić information content (AvgIpc) is 3.32. The Bertz CT molecular complexity index is 985. The molecule has 1 saturated carbocycles. The van der Waals surface area contributed by atoms with E-state index in [1.807, 2.05) is 32.5 Å². The van der Waals surface area contributed by atoms with Crippen LogP contribution in [0.1, 0.15) is 58.1 Å². The molecule has 1 aliphatic rings. The minimum absolute atomic E-state index is 0.00134. The number of thiazole rings is 1. The van der Waals surface area contributed by atoms with Crippen molar-refractivity contribution in [1.82, 2.24) is 24.6 Å². The average molecular weight is 369 g/mol. The number of hydrogen-bond acceptors (Lipinski definition) is 5. The van der Waals surface area contributed by atoms with Crippen LogP contribution in [0.2, 0.25) is 0 Å². The number of rotatable bonds is 5. The van der Waals surface area contributed by atoms with Gasteiger partial charge in [0.1, 0.15) is 0 Å². The zero-order chi connectivity index (χ0) is 18.4. The van der Waals surface area contributed by atoms with E-state index in [1.54, 1.807) is 20.9 Å². The molecule has 4 rings (SSSR count). The topological polar surface area (TPSA) is 63.9 Å². The maximum absolute atomic E-state index is 13.2. The van der Waals surface area contributed by atoms with E-state index in [0.29, 0.717) is 18.0 Å². The van der Waals surface area contributed by atoms with Crippen LogP contribution in [0.4, 0.5) is 0 Å². The van der Waals surface area contributed by atoms with E-state index in [1.165, 1.54) is 0 Å². The fourth-order valence-electron chi connectivity index (χ4n) is 3.33. The molecule has 3 aromatic heterocycles. The second-order valence-electron chi connectivity index (χ2n) is 7.02. The van der Waals surface area contributed by atoms with E-state index in [-0.39, 0.29) is 5.91 Å². The van der Waals surface area contributed by atoms with Crippen molar-refractivity contribution in [3.05, 3.63) is 39.1 Å². The highest BCUT2D eigenvalue weighted by Crippen LogP contribution is 2.40. The van der Waals surface area contributed by atoms with Gasteiger partial charge in [0.25, 0.3) is 5.91 Å². The Kier molecular flexibility index (Phi) is 4.26. The molecule has 3 heterocycles. The molecule has 0 atom stereocenters. The molecule has 1 aliphatic carbocycles.